The lowest BCUT2D eigenvalue weighted by molar-refractivity contribution is -0.117. The first-order chi connectivity index (χ1) is 8.19. The van der Waals surface area contributed by atoms with Crippen LogP contribution in [-0.2, 0) is 11.2 Å². The van der Waals surface area contributed by atoms with Crippen molar-refractivity contribution < 1.29 is 4.79 Å². The van der Waals surface area contributed by atoms with Gasteiger partial charge in [0.1, 0.15) is 0 Å². The quantitative estimate of drug-likeness (QED) is 0.795. The molecule has 0 saturated carbocycles. The smallest absolute Gasteiger partial charge is 0.241 e. The highest BCUT2D eigenvalue weighted by atomic mass is 16.2. The molecule has 94 valence electrons. The summed E-state index contributed by atoms with van der Waals surface area (Å²) in [6, 6.07) is 7.49. The number of para-hydroxylation sites is 1. The van der Waals surface area contributed by atoms with Gasteiger partial charge in [-0.1, -0.05) is 44.9 Å². The van der Waals surface area contributed by atoms with Crippen LogP contribution in [0.15, 0.2) is 24.3 Å². The van der Waals surface area contributed by atoms with Crippen LogP contribution in [0.4, 0.5) is 5.69 Å². The second-order valence-corrected chi connectivity index (χ2v) is 4.29. The number of nitrogens with one attached hydrogen (secondary N) is 1. The van der Waals surface area contributed by atoms with Crippen molar-refractivity contribution in [1.82, 2.24) is 0 Å². The minimum atomic E-state index is -0.408. The lowest BCUT2D eigenvalue weighted by atomic mass is 10.1. The predicted octanol–water partition coefficient (Wildman–Crippen LogP) is 2.71. The van der Waals surface area contributed by atoms with E-state index in [1.165, 1.54) is 5.56 Å². The summed E-state index contributed by atoms with van der Waals surface area (Å²) in [5.74, 6) is -0.0876. The largest absolute Gasteiger partial charge is 0.324 e. The normalized spacial score (nSPS) is 12.2. The van der Waals surface area contributed by atoms with Gasteiger partial charge >= 0.3 is 0 Å². The van der Waals surface area contributed by atoms with E-state index in [1.54, 1.807) is 0 Å². The van der Waals surface area contributed by atoms with Crippen molar-refractivity contribution in [3.63, 3.8) is 0 Å². The standard InChI is InChI=1S/C14H22N2O/c1-3-7-11-9-5-6-10-13(11)16-14(17)12(15)8-4-2/h5-6,9-10,12H,3-4,7-8,15H2,1-2H3,(H,16,17)/t12-/m0/s1. The van der Waals surface area contributed by atoms with Gasteiger partial charge in [-0.3, -0.25) is 4.79 Å². The Labute approximate surface area is 103 Å². The molecule has 1 aromatic carbocycles. The molecule has 0 unspecified atom stereocenters. The summed E-state index contributed by atoms with van der Waals surface area (Å²) in [5, 5.41) is 2.92. The molecule has 0 fully saturated rings. The Bertz CT molecular complexity index is 363. The van der Waals surface area contributed by atoms with Gasteiger partial charge in [0, 0.05) is 5.69 Å². The van der Waals surface area contributed by atoms with Gasteiger partial charge < -0.3 is 11.1 Å². The third-order valence-electron chi connectivity index (χ3n) is 2.73. The lowest BCUT2D eigenvalue weighted by Gasteiger charge is -2.14. The summed E-state index contributed by atoms with van der Waals surface area (Å²) in [4.78, 5) is 11.8. The highest BCUT2D eigenvalue weighted by Crippen LogP contribution is 2.17. The fraction of sp³-hybridized carbons (Fsp3) is 0.500. The Morgan fingerprint density at radius 1 is 1.29 bits per heavy atom. The van der Waals surface area contributed by atoms with Crippen LogP contribution in [0.3, 0.4) is 0 Å². The third kappa shape index (κ3) is 4.19. The number of benzene rings is 1. The van der Waals surface area contributed by atoms with Crippen LogP contribution in [0, 0.1) is 0 Å². The molecule has 0 heterocycles. The number of hydrogen-bond donors (Lipinski definition) is 2. The molecule has 0 aromatic heterocycles. The van der Waals surface area contributed by atoms with E-state index < -0.39 is 6.04 Å². The summed E-state index contributed by atoms with van der Waals surface area (Å²) in [6.07, 6.45) is 3.68. The van der Waals surface area contributed by atoms with Gasteiger partial charge in [-0.2, -0.15) is 0 Å². The van der Waals surface area contributed by atoms with Crippen molar-refractivity contribution in [2.24, 2.45) is 5.73 Å². The summed E-state index contributed by atoms with van der Waals surface area (Å²) in [6.45, 7) is 4.15. The van der Waals surface area contributed by atoms with Crippen LogP contribution in [-0.4, -0.2) is 11.9 Å². The highest BCUT2D eigenvalue weighted by Gasteiger charge is 2.13. The second kappa shape index (κ2) is 7.07. The molecule has 0 aliphatic carbocycles. The fourth-order valence-corrected chi connectivity index (χ4v) is 1.80. The molecule has 17 heavy (non-hydrogen) atoms. The van der Waals surface area contributed by atoms with Crippen LogP contribution in [0.1, 0.15) is 38.7 Å². The van der Waals surface area contributed by atoms with E-state index in [4.69, 9.17) is 5.73 Å². The minimum absolute atomic E-state index is 0.0876. The molecule has 0 aliphatic heterocycles. The number of rotatable bonds is 6. The molecule has 3 nitrogen and oxygen atoms in total. The zero-order chi connectivity index (χ0) is 12.7. The first-order valence-electron chi connectivity index (χ1n) is 6.33. The van der Waals surface area contributed by atoms with E-state index in [0.717, 1.165) is 31.4 Å². The number of carbonyl (C=O) groups is 1. The zero-order valence-corrected chi connectivity index (χ0v) is 10.7. The Morgan fingerprint density at radius 3 is 2.65 bits per heavy atom. The Kier molecular flexibility index (Phi) is 5.70. The fourth-order valence-electron chi connectivity index (χ4n) is 1.80. The van der Waals surface area contributed by atoms with E-state index in [-0.39, 0.29) is 5.91 Å². The molecule has 1 atom stereocenters. The maximum Gasteiger partial charge on any atom is 0.241 e. The zero-order valence-electron chi connectivity index (χ0n) is 10.7. The number of carbonyl (C=O) groups excluding carboxylic acids is 1. The van der Waals surface area contributed by atoms with Crippen molar-refractivity contribution >= 4 is 11.6 Å². The summed E-state index contributed by atoms with van der Waals surface area (Å²) in [7, 11) is 0. The summed E-state index contributed by atoms with van der Waals surface area (Å²) in [5.41, 5.74) is 7.86. The van der Waals surface area contributed by atoms with Crippen LogP contribution in [0.5, 0.6) is 0 Å². The number of anilines is 1. The average Bonchev–Trinajstić information content (AvgIpc) is 2.32. The van der Waals surface area contributed by atoms with Crippen LogP contribution >= 0.6 is 0 Å². The Morgan fingerprint density at radius 2 is 2.00 bits per heavy atom. The lowest BCUT2D eigenvalue weighted by Crippen LogP contribution is -2.35. The maximum absolute atomic E-state index is 11.8. The van der Waals surface area contributed by atoms with Crippen molar-refractivity contribution in [2.45, 2.75) is 45.6 Å². The molecule has 0 radical (unpaired) electrons. The van der Waals surface area contributed by atoms with Crippen molar-refractivity contribution in [3.8, 4) is 0 Å². The van der Waals surface area contributed by atoms with Gasteiger partial charge in [0.05, 0.1) is 6.04 Å². The topological polar surface area (TPSA) is 55.1 Å². The van der Waals surface area contributed by atoms with Gasteiger partial charge in [-0.05, 0) is 24.5 Å². The monoisotopic (exact) mass is 234 g/mol. The number of aryl methyl sites for hydroxylation is 1. The first kappa shape index (κ1) is 13.7. The second-order valence-electron chi connectivity index (χ2n) is 4.29. The van der Waals surface area contributed by atoms with E-state index in [2.05, 4.69) is 12.2 Å². The molecular formula is C14H22N2O. The van der Waals surface area contributed by atoms with Crippen molar-refractivity contribution in [2.75, 3.05) is 5.32 Å². The third-order valence-corrected chi connectivity index (χ3v) is 2.73. The Hall–Kier alpha value is -1.35. The van der Waals surface area contributed by atoms with Gasteiger partial charge in [0.2, 0.25) is 5.91 Å². The molecule has 0 saturated heterocycles. The van der Waals surface area contributed by atoms with E-state index in [9.17, 15) is 4.79 Å². The molecule has 3 heteroatoms. The molecule has 0 bridgehead atoms. The number of amides is 1. The molecule has 1 rings (SSSR count). The number of hydrogen-bond acceptors (Lipinski definition) is 2. The summed E-state index contributed by atoms with van der Waals surface area (Å²) >= 11 is 0. The maximum atomic E-state index is 11.8. The molecule has 3 N–H and O–H groups in total. The van der Waals surface area contributed by atoms with E-state index in [0.29, 0.717) is 0 Å². The van der Waals surface area contributed by atoms with Crippen molar-refractivity contribution in [3.05, 3.63) is 29.8 Å². The molecule has 1 aromatic rings. The molecule has 0 aliphatic rings. The first-order valence-corrected chi connectivity index (χ1v) is 6.33. The van der Waals surface area contributed by atoms with Crippen LogP contribution in [0.25, 0.3) is 0 Å². The van der Waals surface area contributed by atoms with Crippen LogP contribution < -0.4 is 11.1 Å². The molecule has 0 spiro atoms. The van der Waals surface area contributed by atoms with Crippen LogP contribution in [0.2, 0.25) is 0 Å². The highest BCUT2D eigenvalue weighted by molar-refractivity contribution is 5.95. The predicted molar refractivity (Wildman–Crippen MR) is 72.0 cm³/mol. The average molecular weight is 234 g/mol. The van der Waals surface area contributed by atoms with E-state index >= 15 is 0 Å². The minimum Gasteiger partial charge on any atom is -0.324 e. The molecular weight excluding hydrogens is 212 g/mol. The Balaban J connectivity index is 2.70. The SMILES string of the molecule is CCCc1ccccc1NC(=O)[C@@H](N)CCC. The van der Waals surface area contributed by atoms with Gasteiger partial charge in [0.15, 0.2) is 0 Å². The van der Waals surface area contributed by atoms with Crippen molar-refractivity contribution in [1.29, 1.82) is 0 Å². The molecule has 1 amide bonds. The summed E-state index contributed by atoms with van der Waals surface area (Å²) < 4.78 is 0. The van der Waals surface area contributed by atoms with Gasteiger partial charge in [0.25, 0.3) is 0 Å². The number of nitrogens with two attached hydrogens (primary N) is 1. The van der Waals surface area contributed by atoms with Gasteiger partial charge in [-0.25, -0.2) is 0 Å². The van der Waals surface area contributed by atoms with Gasteiger partial charge in [-0.15, -0.1) is 0 Å². The van der Waals surface area contributed by atoms with E-state index in [1.807, 2.05) is 31.2 Å².